The molecule has 0 aliphatic heterocycles. The Hall–Kier alpha value is -3.06. The van der Waals surface area contributed by atoms with Crippen LogP contribution in [0.25, 0.3) is 0 Å². The van der Waals surface area contributed by atoms with Crippen LogP contribution in [0.1, 0.15) is 22.3 Å². The zero-order valence-electron chi connectivity index (χ0n) is 15.4. The number of thiazole rings is 1. The number of methoxy groups -OCH3 is 1. The smallest absolute Gasteiger partial charge is 0.267 e. The standard InChI is InChI=1S/C20H21N3O3S/c1-4-26-17-8-6-5-7-16(17)23-20-21-13(2)18(27-20)19(24)22-14-9-11-15(25-3)12-10-14/h5-12H,4H2,1-3H3,(H,21,23)(H,22,24). The molecule has 3 rings (SSSR count). The van der Waals surface area contributed by atoms with Crippen LogP contribution >= 0.6 is 11.3 Å². The second-order valence-electron chi connectivity index (χ2n) is 5.67. The van der Waals surface area contributed by atoms with E-state index in [1.54, 1.807) is 31.4 Å². The molecule has 0 saturated heterocycles. The van der Waals surface area contributed by atoms with Gasteiger partial charge < -0.3 is 20.1 Å². The van der Waals surface area contributed by atoms with E-state index in [2.05, 4.69) is 15.6 Å². The monoisotopic (exact) mass is 383 g/mol. The lowest BCUT2D eigenvalue weighted by Crippen LogP contribution is -2.11. The maximum absolute atomic E-state index is 12.6. The first kappa shape index (κ1) is 18.7. The number of para-hydroxylation sites is 2. The molecule has 3 aromatic rings. The second kappa shape index (κ2) is 8.55. The number of amides is 1. The van der Waals surface area contributed by atoms with Gasteiger partial charge in [0.15, 0.2) is 5.13 Å². The Labute approximate surface area is 162 Å². The topological polar surface area (TPSA) is 72.5 Å². The van der Waals surface area contributed by atoms with Crippen LogP contribution in [0.3, 0.4) is 0 Å². The summed E-state index contributed by atoms with van der Waals surface area (Å²) in [7, 11) is 1.60. The zero-order valence-corrected chi connectivity index (χ0v) is 16.2. The number of benzene rings is 2. The van der Waals surface area contributed by atoms with Gasteiger partial charge in [-0.3, -0.25) is 4.79 Å². The highest BCUT2D eigenvalue weighted by atomic mass is 32.1. The summed E-state index contributed by atoms with van der Waals surface area (Å²) in [5, 5.41) is 6.76. The molecule has 0 atom stereocenters. The molecule has 1 amide bonds. The third kappa shape index (κ3) is 4.57. The molecule has 1 aromatic heterocycles. The molecule has 0 saturated carbocycles. The highest BCUT2D eigenvalue weighted by Gasteiger charge is 2.16. The number of nitrogens with zero attached hydrogens (tertiary/aromatic N) is 1. The summed E-state index contributed by atoms with van der Waals surface area (Å²) in [5.41, 5.74) is 2.18. The van der Waals surface area contributed by atoms with Crippen LogP contribution in [-0.4, -0.2) is 24.6 Å². The Morgan fingerprint density at radius 1 is 1.15 bits per heavy atom. The van der Waals surface area contributed by atoms with Crippen molar-refractivity contribution in [1.29, 1.82) is 0 Å². The molecule has 0 bridgehead atoms. The molecule has 0 aliphatic rings. The maximum Gasteiger partial charge on any atom is 0.267 e. The summed E-state index contributed by atoms with van der Waals surface area (Å²) in [4.78, 5) is 17.6. The van der Waals surface area contributed by atoms with Crippen molar-refractivity contribution in [2.75, 3.05) is 24.4 Å². The molecule has 0 aliphatic carbocycles. The van der Waals surface area contributed by atoms with Gasteiger partial charge in [-0.25, -0.2) is 4.98 Å². The van der Waals surface area contributed by atoms with E-state index in [-0.39, 0.29) is 5.91 Å². The number of nitrogens with one attached hydrogen (secondary N) is 2. The number of hydrogen-bond acceptors (Lipinski definition) is 6. The maximum atomic E-state index is 12.6. The lowest BCUT2D eigenvalue weighted by atomic mass is 10.3. The Kier molecular flexibility index (Phi) is 5.93. The number of aromatic nitrogens is 1. The molecule has 0 radical (unpaired) electrons. The third-order valence-electron chi connectivity index (χ3n) is 3.78. The SMILES string of the molecule is CCOc1ccccc1Nc1nc(C)c(C(=O)Nc2ccc(OC)cc2)s1. The Bertz CT molecular complexity index is 922. The molecule has 140 valence electrons. The van der Waals surface area contributed by atoms with Crippen LogP contribution in [0, 0.1) is 6.92 Å². The summed E-state index contributed by atoms with van der Waals surface area (Å²) in [6.07, 6.45) is 0. The molecule has 7 heteroatoms. The molecule has 1 heterocycles. The van der Waals surface area contributed by atoms with Crippen LogP contribution in [0.15, 0.2) is 48.5 Å². The zero-order chi connectivity index (χ0) is 19.2. The largest absolute Gasteiger partial charge is 0.497 e. The molecule has 2 aromatic carbocycles. The van der Waals surface area contributed by atoms with Gasteiger partial charge in [-0.2, -0.15) is 0 Å². The van der Waals surface area contributed by atoms with Crippen molar-refractivity contribution in [2.45, 2.75) is 13.8 Å². The molecule has 0 fully saturated rings. The van der Waals surface area contributed by atoms with Gasteiger partial charge in [-0.15, -0.1) is 0 Å². The van der Waals surface area contributed by atoms with Crippen LogP contribution in [0.5, 0.6) is 11.5 Å². The van der Waals surface area contributed by atoms with E-state index in [0.29, 0.717) is 28.0 Å². The highest BCUT2D eigenvalue weighted by Crippen LogP contribution is 2.31. The number of anilines is 3. The fourth-order valence-corrected chi connectivity index (χ4v) is 3.36. The normalized spacial score (nSPS) is 10.3. The van der Waals surface area contributed by atoms with E-state index in [0.717, 1.165) is 17.2 Å². The third-order valence-corrected chi connectivity index (χ3v) is 4.85. The predicted octanol–water partition coefficient (Wildman–Crippen LogP) is 4.85. The van der Waals surface area contributed by atoms with E-state index < -0.39 is 0 Å². The van der Waals surface area contributed by atoms with Crippen molar-refractivity contribution >= 4 is 33.8 Å². The second-order valence-corrected chi connectivity index (χ2v) is 6.67. The number of rotatable bonds is 7. The number of hydrogen-bond donors (Lipinski definition) is 2. The van der Waals surface area contributed by atoms with Gasteiger partial charge in [0, 0.05) is 5.69 Å². The van der Waals surface area contributed by atoms with Crippen LogP contribution in [-0.2, 0) is 0 Å². The quantitative estimate of drug-likeness (QED) is 0.610. The van der Waals surface area contributed by atoms with E-state index >= 15 is 0 Å². The van der Waals surface area contributed by atoms with Gasteiger partial charge in [0.25, 0.3) is 5.91 Å². The predicted molar refractivity (Wildman–Crippen MR) is 109 cm³/mol. The summed E-state index contributed by atoms with van der Waals surface area (Å²) in [6, 6.07) is 14.8. The minimum Gasteiger partial charge on any atom is -0.497 e. The summed E-state index contributed by atoms with van der Waals surface area (Å²) >= 11 is 1.30. The Balaban J connectivity index is 1.74. The van der Waals surface area contributed by atoms with Gasteiger partial charge in [0.1, 0.15) is 16.4 Å². The fourth-order valence-electron chi connectivity index (χ4n) is 2.49. The average molecular weight is 383 g/mol. The number of carbonyl (C=O) groups excluding carboxylic acids is 1. The van der Waals surface area contributed by atoms with Crippen molar-refractivity contribution in [3.63, 3.8) is 0 Å². The molecular weight excluding hydrogens is 362 g/mol. The molecule has 0 unspecified atom stereocenters. The molecule has 0 spiro atoms. The molecule has 27 heavy (non-hydrogen) atoms. The summed E-state index contributed by atoms with van der Waals surface area (Å²) < 4.78 is 10.7. The summed E-state index contributed by atoms with van der Waals surface area (Å²) in [6.45, 7) is 4.33. The number of aryl methyl sites for hydroxylation is 1. The van der Waals surface area contributed by atoms with Crippen molar-refractivity contribution in [2.24, 2.45) is 0 Å². The lowest BCUT2D eigenvalue weighted by molar-refractivity contribution is 0.103. The lowest BCUT2D eigenvalue weighted by Gasteiger charge is -2.09. The van der Waals surface area contributed by atoms with Gasteiger partial charge in [-0.05, 0) is 50.2 Å². The minimum absolute atomic E-state index is 0.193. The highest BCUT2D eigenvalue weighted by molar-refractivity contribution is 7.17. The first-order valence-corrected chi connectivity index (χ1v) is 9.34. The van der Waals surface area contributed by atoms with Crippen molar-refractivity contribution < 1.29 is 14.3 Å². The van der Waals surface area contributed by atoms with Crippen molar-refractivity contribution in [3.8, 4) is 11.5 Å². The Morgan fingerprint density at radius 3 is 2.59 bits per heavy atom. The van der Waals surface area contributed by atoms with Crippen molar-refractivity contribution in [3.05, 3.63) is 59.1 Å². The first-order valence-electron chi connectivity index (χ1n) is 8.52. The summed E-state index contributed by atoms with van der Waals surface area (Å²) in [5.74, 6) is 1.29. The average Bonchev–Trinajstić information content (AvgIpc) is 3.04. The number of carbonyl (C=O) groups is 1. The van der Waals surface area contributed by atoms with E-state index in [9.17, 15) is 4.79 Å². The van der Waals surface area contributed by atoms with Gasteiger partial charge in [0.05, 0.1) is 25.1 Å². The minimum atomic E-state index is -0.193. The van der Waals surface area contributed by atoms with Crippen molar-refractivity contribution in [1.82, 2.24) is 4.98 Å². The van der Waals surface area contributed by atoms with Crippen LogP contribution in [0.4, 0.5) is 16.5 Å². The van der Waals surface area contributed by atoms with Gasteiger partial charge in [0.2, 0.25) is 0 Å². The van der Waals surface area contributed by atoms with Crippen LogP contribution < -0.4 is 20.1 Å². The van der Waals surface area contributed by atoms with Gasteiger partial charge in [-0.1, -0.05) is 23.5 Å². The van der Waals surface area contributed by atoms with E-state index in [1.165, 1.54) is 11.3 Å². The fraction of sp³-hybridized carbons (Fsp3) is 0.200. The molecule has 2 N–H and O–H groups in total. The van der Waals surface area contributed by atoms with E-state index in [1.807, 2.05) is 38.1 Å². The Morgan fingerprint density at radius 2 is 1.89 bits per heavy atom. The number of ether oxygens (including phenoxy) is 2. The molecular formula is C20H21N3O3S. The van der Waals surface area contributed by atoms with Gasteiger partial charge >= 0.3 is 0 Å². The van der Waals surface area contributed by atoms with E-state index in [4.69, 9.17) is 9.47 Å². The molecule has 6 nitrogen and oxygen atoms in total. The first-order chi connectivity index (χ1) is 13.1. The van der Waals surface area contributed by atoms with Crippen LogP contribution in [0.2, 0.25) is 0 Å².